The van der Waals surface area contributed by atoms with Gasteiger partial charge in [0.25, 0.3) is 0 Å². The standard InChI is InChI=1S/C30H33N3O.2C25H20N4O.C24H17N3O.12C2H6/c1-22-23(2)29(20-31-24(22)3)13-12-25-6-5-7-28(18-25)30(34)19-26-8-10-27(11-9-26)21-33-16-14-32(4)15-17-33;1-18-23(16-27-19(2)28-18)10-9-20-5-3-7-22(13-20)25(30)15-21-6-4-8-24(14-21)29-12-11-26-17-29;1-18-19(2)28-23(16-27-18)10-9-20-5-3-7-22(13-20)25(30)15-21-6-4-8-24(14-21)29-12-11-26-17-29;28-24(16-21-5-2-8-23(15-21)27-13-12-26-18-27)22-7-1-4-19(14-22)9-10-20-6-3-11-25-17-20;12*1-2/h5-11,18,20H,14-17,19,21H2,1-4H3;2*3-8,11-14,16-17H,15H2,1-2H3;1-8,11-15,17-18H,16H2;12*1-2H3. The lowest BCUT2D eigenvalue weighted by molar-refractivity contribution is 0.0984. The summed E-state index contributed by atoms with van der Waals surface area (Å²) in [6.45, 7) is 67.2. The molecule has 8 heterocycles. The van der Waals surface area contributed by atoms with Crippen molar-refractivity contribution in [1.29, 1.82) is 0 Å². The Balaban J connectivity index is 0.000000909. The lowest BCUT2D eigenvalue weighted by Gasteiger charge is -2.32. The first kappa shape index (κ1) is 129. The maximum Gasteiger partial charge on any atom is 0.167 e. The fourth-order valence-corrected chi connectivity index (χ4v) is 13.2. The van der Waals surface area contributed by atoms with Crippen LogP contribution in [0.15, 0.2) is 293 Å². The van der Waals surface area contributed by atoms with Crippen LogP contribution in [0.25, 0.3) is 17.1 Å². The number of carbonyl (C=O) groups is 4. The van der Waals surface area contributed by atoms with Crippen LogP contribution in [0.5, 0.6) is 0 Å². The average molecular weight is 1960 g/mol. The van der Waals surface area contributed by atoms with E-state index in [1.54, 1.807) is 62.4 Å². The molecule has 0 amide bonds. The number of rotatable bonds is 17. The Labute approximate surface area is 877 Å². The first-order valence-electron chi connectivity index (χ1n) is 52.1. The van der Waals surface area contributed by atoms with Crippen molar-refractivity contribution in [2.24, 2.45) is 0 Å². The molecule has 8 aromatic carbocycles. The van der Waals surface area contributed by atoms with Crippen LogP contribution in [0, 0.1) is 95.8 Å². The van der Waals surface area contributed by atoms with Gasteiger partial charge in [0.2, 0.25) is 0 Å². The fourth-order valence-electron chi connectivity index (χ4n) is 13.2. The van der Waals surface area contributed by atoms with E-state index in [-0.39, 0.29) is 23.1 Å². The van der Waals surface area contributed by atoms with E-state index in [4.69, 9.17) is 0 Å². The quantitative estimate of drug-likeness (QED) is 0.0614. The summed E-state index contributed by atoms with van der Waals surface area (Å²) in [6.07, 6.45) is 26.1. The van der Waals surface area contributed by atoms with Gasteiger partial charge in [0.05, 0.1) is 47.8 Å². The highest BCUT2D eigenvalue weighted by Gasteiger charge is 2.17. The van der Waals surface area contributed by atoms with Crippen LogP contribution >= 0.6 is 0 Å². The minimum atomic E-state index is 0.0485. The Morgan fingerprint density at radius 1 is 0.281 bits per heavy atom. The molecule has 1 fully saturated rings. The zero-order chi connectivity index (χ0) is 109. The number of imidazole rings is 3. The van der Waals surface area contributed by atoms with Crippen molar-refractivity contribution in [3.8, 4) is 64.4 Å². The van der Waals surface area contributed by atoms with Gasteiger partial charge in [0.1, 0.15) is 11.5 Å². The van der Waals surface area contributed by atoms with Gasteiger partial charge in [-0.2, -0.15) is 0 Å². The molecule has 1 saturated heterocycles. The number of Topliss-reactive ketones (excluding diaryl/α,β-unsaturated/α-hetero) is 4. The number of pyridine rings is 2. The second kappa shape index (κ2) is 77.3. The number of hydrogen-bond donors (Lipinski definition) is 0. The molecule has 7 aromatic heterocycles. The normalized spacial score (nSPS) is 10.1. The molecule has 1 aliphatic rings. The van der Waals surface area contributed by atoms with Crippen molar-refractivity contribution in [2.75, 3.05) is 33.2 Å². The summed E-state index contributed by atoms with van der Waals surface area (Å²) in [5, 5.41) is 0. The Morgan fingerprint density at radius 3 is 0.993 bits per heavy atom. The molecule has 0 unspecified atom stereocenters. The molecule has 16 rings (SSSR count). The summed E-state index contributed by atoms with van der Waals surface area (Å²) in [5.74, 6) is 25.9. The fraction of sp³-hybridized carbons (Fsp3) is 0.320. The number of benzene rings is 8. The van der Waals surface area contributed by atoms with E-state index in [1.807, 2.05) is 421 Å². The van der Waals surface area contributed by atoms with Crippen molar-refractivity contribution >= 4 is 23.1 Å². The Kier molecular flexibility index (Phi) is 68.1. The first-order valence-corrected chi connectivity index (χ1v) is 52.1. The molecule has 0 atom stereocenters. The van der Waals surface area contributed by atoms with Crippen molar-refractivity contribution in [2.45, 2.75) is 247 Å². The number of likely N-dealkylation sites (N-methyl/N-ethyl adjacent to an activating group) is 1. The average Bonchev–Trinajstić information content (AvgIpc) is 1.67. The first-order chi connectivity index (χ1) is 71.3. The molecule has 0 radical (unpaired) electrons. The Morgan fingerprint density at radius 2 is 0.623 bits per heavy atom. The predicted octanol–water partition coefficient (Wildman–Crippen LogP) is 29.2. The predicted molar refractivity (Wildman–Crippen MR) is 614 cm³/mol. The van der Waals surface area contributed by atoms with Crippen LogP contribution in [0.2, 0.25) is 0 Å². The van der Waals surface area contributed by atoms with Gasteiger partial charge in [-0.1, -0.05) is 317 Å². The molecule has 18 nitrogen and oxygen atoms in total. The van der Waals surface area contributed by atoms with Gasteiger partial charge in [-0.25, -0.2) is 29.9 Å². The zero-order valence-corrected chi connectivity index (χ0v) is 93.5. The van der Waals surface area contributed by atoms with Crippen LogP contribution in [0.1, 0.15) is 320 Å². The van der Waals surface area contributed by atoms with Crippen LogP contribution < -0.4 is 0 Å². The van der Waals surface area contributed by atoms with Crippen LogP contribution in [-0.2, 0) is 32.2 Å². The smallest absolute Gasteiger partial charge is 0.167 e. The van der Waals surface area contributed by atoms with Crippen molar-refractivity contribution in [3.05, 3.63) is 428 Å². The number of aryl methyl sites for hydroxylation is 5. The van der Waals surface area contributed by atoms with Gasteiger partial charge in [-0.05, 0) is 197 Å². The minimum absolute atomic E-state index is 0.0485. The summed E-state index contributed by atoms with van der Waals surface area (Å²) >= 11 is 0. The summed E-state index contributed by atoms with van der Waals surface area (Å²) < 4.78 is 5.75. The van der Waals surface area contributed by atoms with Gasteiger partial charge < -0.3 is 18.6 Å². The van der Waals surface area contributed by atoms with Gasteiger partial charge in [-0.15, -0.1) is 0 Å². The number of aromatic nitrogens is 12. The number of ketones is 4. The molecule has 0 aliphatic carbocycles. The lowest BCUT2D eigenvalue weighted by Crippen LogP contribution is -2.43. The number of piperazine rings is 1. The van der Waals surface area contributed by atoms with Crippen molar-refractivity contribution in [1.82, 2.24) is 68.4 Å². The molecular weight excluding hydrogens is 1800 g/mol. The van der Waals surface area contributed by atoms with Crippen molar-refractivity contribution < 1.29 is 19.2 Å². The molecule has 768 valence electrons. The number of nitrogens with zero attached hydrogens (tertiary/aromatic N) is 14. The largest absolute Gasteiger partial charge is 0.306 e. The monoisotopic (exact) mass is 1960 g/mol. The molecule has 15 aromatic rings. The van der Waals surface area contributed by atoms with Crippen LogP contribution in [0.4, 0.5) is 0 Å². The van der Waals surface area contributed by atoms with E-state index in [1.165, 1.54) is 11.1 Å². The lowest BCUT2D eigenvalue weighted by atomic mass is 10.00. The molecule has 18 heteroatoms. The highest BCUT2D eigenvalue weighted by atomic mass is 16.1. The van der Waals surface area contributed by atoms with Gasteiger partial charge in [0.15, 0.2) is 23.1 Å². The molecule has 0 N–H and O–H groups in total. The highest BCUT2D eigenvalue weighted by Crippen LogP contribution is 2.22. The molecule has 0 saturated carbocycles. The van der Waals surface area contributed by atoms with Gasteiger partial charge >= 0.3 is 0 Å². The molecule has 0 bridgehead atoms. The molecule has 0 spiro atoms. The summed E-state index contributed by atoms with van der Waals surface area (Å²) in [4.78, 5) is 94.1. The maximum atomic E-state index is 12.9. The zero-order valence-electron chi connectivity index (χ0n) is 93.5. The van der Waals surface area contributed by atoms with E-state index < -0.39 is 0 Å². The molecular formula is C128H162N14O4. The summed E-state index contributed by atoms with van der Waals surface area (Å²) in [5.41, 5.74) is 23.1. The van der Waals surface area contributed by atoms with Crippen molar-refractivity contribution in [3.63, 3.8) is 0 Å². The summed E-state index contributed by atoms with van der Waals surface area (Å²) in [6, 6.07) is 65.8. The highest BCUT2D eigenvalue weighted by molar-refractivity contribution is 6.00. The number of carbonyl (C=O) groups excluding carboxylic acids is 4. The van der Waals surface area contributed by atoms with Gasteiger partial charge in [-0.3, -0.25) is 39.0 Å². The van der Waals surface area contributed by atoms with Gasteiger partial charge in [0, 0.05) is 199 Å². The second-order valence-corrected chi connectivity index (χ2v) is 29.6. The Hall–Kier alpha value is -15.3. The van der Waals surface area contributed by atoms with Crippen LogP contribution in [-0.4, -0.2) is 125 Å². The SMILES string of the molecule is CC.CC.CC.CC.CC.CC.CC.CC.CC.CC.CC.CC.Cc1ncc(C#Cc2cccc(C(=O)Cc3ccc(CN4CCN(C)CC4)cc3)c2)c(C)c1C.Cc1ncc(C#Cc2cccc(C(=O)Cc3cccc(-n4ccnc4)c3)c2)c(C)n1.Cc1ncc(C#Cc2cccc(C(=O)Cc3cccc(-n4ccnc4)c3)c2)nc1C.O=C(Cc1cccc(-n2ccnc2)c1)c1cccc(C#Cc2cccnc2)c1. The Bertz CT molecular complexity index is 6490. The van der Waals surface area contributed by atoms with Crippen LogP contribution in [0.3, 0.4) is 0 Å². The van der Waals surface area contributed by atoms with E-state index in [0.717, 1.165) is 145 Å². The second-order valence-electron chi connectivity index (χ2n) is 29.6. The third-order valence-electron chi connectivity index (χ3n) is 20.6. The van der Waals surface area contributed by atoms with E-state index in [0.29, 0.717) is 53.6 Å². The maximum absolute atomic E-state index is 12.9. The number of hydrogen-bond acceptors (Lipinski definition) is 15. The molecule has 1 aliphatic heterocycles. The third kappa shape index (κ3) is 45.5. The van der Waals surface area contributed by atoms with E-state index in [2.05, 4.69) is 147 Å². The van der Waals surface area contributed by atoms with E-state index in [9.17, 15) is 19.2 Å². The summed E-state index contributed by atoms with van der Waals surface area (Å²) in [7, 11) is 2.18. The third-order valence-corrected chi connectivity index (χ3v) is 20.6. The molecule has 146 heavy (non-hydrogen) atoms. The minimum Gasteiger partial charge on any atom is -0.306 e. The topological polar surface area (TPSA) is 206 Å². The van der Waals surface area contributed by atoms with E-state index >= 15 is 0 Å².